The SMILES string of the molecule is C=C(C[C@@H](N)C(=C)C)C1CCCCC1. The summed E-state index contributed by atoms with van der Waals surface area (Å²) in [5.41, 5.74) is 8.38. The Labute approximate surface area is 88.1 Å². The van der Waals surface area contributed by atoms with Crippen molar-refractivity contribution >= 4 is 0 Å². The van der Waals surface area contributed by atoms with Gasteiger partial charge >= 0.3 is 0 Å². The van der Waals surface area contributed by atoms with Crippen LogP contribution in [-0.4, -0.2) is 6.04 Å². The zero-order valence-corrected chi connectivity index (χ0v) is 9.39. The summed E-state index contributed by atoms with van der Waals surface area (Å²) in [6.45, 7) is 10.1. The maximum absolute atomic E-state index is 5.96. The Bertz CT molecular complexity index is 211. The molecular formula is C13H23N. The fourth-order valence-electron chi connectivity index (χ4n) is 2.13. The molecule has 1 fully saturated rings. The molecule has 0 amide bonds. The second kappa shape index (κ2) is 5.35. The van der Waals surface area contributed by atoms with E-state index in [2.05, 4.69) is 13.2 Å². The summed E-state index contributed by atoms with van der Waals surface area (Å²) >= 11 is 0. The first-order valence-electron chi connectivity index (χ1n) is 5.70. The van der Waals surface area contributed by atoms with Crippen molar-refractivity contribution in [2.45, 2.75) is 51.5 Å². The van der Waals surface area contributed by atoms with E-state index in [1.54, 1.807) is 0 Å². The lowest BCUT2D eigenvalue weighted by atomic mass is 9.82. The van der Waals surface area contributed by atoms with E-state index in [-0.39, 0.29) is 6.04 Å². The second-order valence-corrected chi connectivity index (χ2v) is 4.65. The van der Waals surface area contributed by atoms with E-state index in [4.69, 9.17) is 5.73 Å². The first-order valence-corrected chi connectivity index (χ1v) is 5.70. The molecule has 1 aliphatic rings. The van der Waals surface area contributed by atoms with Gasteiger partial charge in [-0.3, -0.25) is 0 Å². The summed E-state index contributed by atoms with van der Waals surface area (Å²) in [7, 11) is 0. The molecule has 1 aliphatic carbocycles. The Morgan fingerprint density at radius 2 is 1.86 bits per heavy atom. The third-order valence-corrected chi connectivity index (χ3v) is 3.30. The number of nitrogens with two attached hydrogens (primary N) is 1. The van der Waals surface area contributed by atoms with E-state index >= 15 is 0 Å². The van der Waals surface area contributed by atoms with Crippen molar-refractivity contribution in [3.05, 3.63) is 24.3 Å². The van der Waals surface area contributed by atoms with Crippen molar-refractivity contribution in [3.8, 4) is 0 Å². The van der Waals surface area contributed by atoms with E-state index in [0.29, 0.717) is 0 Å². The molecule has 0 aliphatic heterocycles. The van der Waals surface area contributed by atoms with Crippen molar-refractivity contribution in [1.29, 1.82) is 0 Å². The zero-order chi connectivity index (χ0) is 10.6. The van der Waals surface area contributed by atoms with Crippen LogP contribution in [0.2, 0.25) is 0 Å². The predicted molar refractivity (Wildman–Crippen MR) is 63.1 cm³/mol. The van der Waals surface area contributed by atoms with Gasteiger partial charge in [-0.1, -0.05) is 43.6 Å². The second-order valence-electron chi connectivity index (χ2n) is 4.65. The third-order valence-electron chi connectivity index (χ3n) is 3.30. The minimum atomic E-state index is 0.115. The minimum absolute atomic E-state index is 0.115. The summed E-state index contributed by atoms with van der Waals surface area (Å²) in [6.07, 6.45) is 7.71. The maximum atomic E-state index is 5.96. The molecular weight excluding hydrogens is 170 g/mol. The van der Waals surface area contributed by atoms with Crippen molar-refractivity contribution in [2.24, 2.45) is 11.7 Å². The van der Waals surface area contributed by atoms with Crippen LogP contribution in [0.1, 0.15) is 45.4 Å². The molecule has 0 spiro atoms. The summed E-state index contributed by atoms with van der Waals surface area (Å²) in [5, 5.41) is 0. The molecule has 0 radical (unpaired) electrons. The van der Waals surface area contributed by atoms with Gasteiger partial charge in [-0.25, -0.2) is 0 Å². The molecule has 0 aromatic carbocycles. The first-order chi connectivity index (χ1) is 6.61. The van der Waals surface area contributed by atoms with Crippen LogP contribution in [0.15, 0.2) is 24.3 Å². The minimum Gasteiger partial charge on any atom is -0.324 e. The van der Waals surface area contributed by atoms with Crippen LogP contribution in [0.25, 0.3) is 0 Å². The van der Waals surface area contributed by atoms with E-state index in [9.17, 15) is 0 Å². The van der Waals surface area contributed by atoms with E-state index in [0.717, 1.165) is 17.9 Å². The molecule has 1 nitrogen and oxygen atoms in total. The molecule has 1 rings (SSSR count). The molecule has 0 aromatic rings. The largest absolute Gasteiger partial charge is 0.324 e. The fraction of sp³-hybridized carbons (Fsp3) is 0.692. The molecule has 0 bridgehead atoms. The van der Waals surface area contributed by atoms with Crippen LogP contribution in [0, 0.1) is 5.92 Å². The van der Waals surface area contributed by atoms with Crippen molar-refractivity contribution in [1.82, 2.24) is 0 Å². The standard InChI is InChI=1S/C13H23N/c1-10(2)13(14)9-11(3)12-7-5-4-6-8-12/h12-13H,1,3-9,14H2,2H3/t13-/m1/s1. The zero-order valence-electron chi connectivity index (χ0n) is 9.39. The average Bonchev–Trinajstić information content (AvgIpc) is 2.19. The molecule has 0 unspecified atom stereocenters. The highest BCUT2D eigenvalue weighted by Crippen LogP contribution is 2.31. The van der Waals surface area contributed by atoms with Gasteiger partial charge in [0.15, 0.2) is 0 Å². The first kappa shape index (κ1) is 11.5. The Morgan fingerprint density at radius 1 is 1.29 bits per heavy atom. The summed E-state index contributed by atoms with van der Waals surface area (Å²) in [6, 6.07) is 0.115. The molecule has 80 valence electrons. The fourth-order valence-corrected chi connectivity index (χ4v) is 2.13. The topological polar surface area (TPSA) is 26.0 Å². The van der Waals surface area contributed by atoms with Crippen molar-refractivity contribution < 1.29 is 0 Å². The van der Waals surface area contributed by atoms with Gasteiger partial charge in [-0.05, 0) is 32.1 Å². The predicted octanol–water partition coefficient (Wildman–Crippen LogP) is 3.42. The quantitative estimate of drug-likeness (QED) is 0.680. The van der Waals surface area contributed by atoms with Gasteiger partial charge in [0.1, 0.15) is 0 Å². The maximum Gasteiger partial charge on any atom is 0.0285 e. The van der Waals surface area contributed by atoms with Crippen LogP contribution in [0.4, 0.5) is 0 Å². The molecule has 0 aromatic heterocycles. The van der Waals surface area contributed by atoms with Gasteiger partial charge in [0, 0.05) is 6.04 Å². The highest BCUT2D eigenvalue weighted by atomic mass is 14.6. The van der Waals surface area contributed by atoms with Crippen LogP contribution in [0.3, 0.4) is 0 Å². The van der Waals surface area contributed by atoms with Gasteiger partial charge in [0.05, 0.1) is 0 Å². The molecule has 1 atom stereocenters. The molecule has 14 heavy (non-hydrogen) atoms. The lowest BCUT2D eigenvalue weighted by molar-refractivity contribution is 0.393. The Morgan fingerprint density at radius 3 is 2.36 bits per heavy atom. The highest BCUT2D eigenvalue weighted by Gasteiger charge is 2.18. The van der Waals surface area contributed by atoms with Gasteiger partial charge in [0.25, 0.3) is 0 Å². The van der Waals surface area contributed by atoms with Crippen LogP contribution >= 0.6 is 0 Å². The monoisotopic (exact) mass is 193 g/mol. The number of hydrogen-bond acceptors (Lipinski definition) is 1. The van der Waals surface area contributed by atoms with Crippen LogP contribution in [0.5, 0.6) is 0 Å². The van der Waals surface area contributed by atoms with Gasteiger partial charge in [-0.15, -0.1) is 0 Å². The van der Waals surface area contributed by atoms with Gasteiger partial charge < -0.3 is 5.73 Å². The van der Waals surface area contributed by atoms with Crippen molar-refractivity contribution in [3.63, 3.8) is 0 Å². The molecule has 0 heterocycles. The Balaban J connectivity index is 2.36. The molecule has 1 heteroatoms. The Hall–Kier alpha value is -0.560. The van der Waals surface area contributed by atoms with E-state index in [1.165, 1.54) is 37.7 Å². The van der Waals surface area contributed by atoms with Crippen LogP contribution < -0.4 is 5.73 Å². The summed E-state index contributed by atoms with van der Waals surface area (Å²) < 4.78 is 0. The van der Waals surface area contributed by atoms with E-state index in [1.807, 2.05) is 6.92 Å². The highest BCUT2D eigenvalue weighted by molar-refractivity contribution is 5.11. The van der Waals surface area contributed by atoms with Gasteiger partial charge in [-0.2, -0.15) is 0 Å². The number of rotatable bonds is 4. The lowest BCUT2D eigenvalue weighted by Crippen LogP contribution is -2.23. The van der Waals surface area contributed by atoms with Crippen LogP contribution in [-0.2, 0) is 0 Å². The van der Waals surface area contributed by atoms with Crippen molar-refractivity contribution in [2.75, 3.05) is 0 Å². The summed E-state index contributed by atoms with van der Waals surface area (Å²) in [4.78, 5) is 0. The molecule has 0 saturated heterocycles. The van der Waals surface area contributed by atoms with Gasteiger partial charge in [0.2, 0.25) is 0 Å². The lowest BCUT2D eigenvalue weighted by Gasteiger charge is -2.25. The average molecular weight is 193 g/mol. The molecule has 2 N–H and O–H groups in total. The normalized spacial score (nSPS) is 20.4. The smallest absolute Gasteiger partial charge is 0.0285 e. The van der Waals surface area contributed by atoms with E-state index < -0.39 is 0 Å². The molecule has 1 saturated carbocycles. The number of hydrogen-bond donors (Lipinski definition) is 1. The summed E-state index contributed by atoms with van der Waals surface area (Å²) in [5.74, 6) is 0.731. The third kappa shape index (κ3) is 3.30. The Kier molecular flexibility index (Phi) is 4.40.